The van der Waals surface area contributed by atoms with Gasteiger partial charge in [-0.2, -0.15) is 0 Å². The van der Waals surface area contributed by atoms with Crippen molar-refractivity contribution in [1.29, 1.82) is 0 Å². The second kappa shape index (κ2) is 6.17. The minimum atomic E-state index is 0.313. The van der Waals surface area contributed by atoms with E-state index in [4.69, 9.17) is 0 Å². The van der Waals surface area contributed by atoms with E-state index in [0.717, 1.165) is 0 Å². The highest BCUT2D eigenvalue weighted by atomic mass is 127. The molecule has 0 amide bonds. The molecule has 0 aromatic heterocycles. The van der Waals surface area contributed by atoms with Crippen LogP contribution in [0.5, 0.6) is 0 Å². The van der Waals surface area contributed by atoms with Crippen LogP contribution in [0.4, 0.5) is 5.69 Å². The summed E-state index contributed by atoms with van der Waals surface area (Å²) in [5.41, 5.74) is 7.97. The number of anilines is 1. The fraction of sp³-hybridized carbons (Fsp3) is 0.333. The highest BCUT2D eigenvalue weighted by molar-refractivity contribution is 14.1. The van der Waals surface area contributed by atoms with Crippen molar-refractivity contribution in [1.82, 2.24) is 0 Å². The minimum absolute atomic E-state index is 0.313. The van der Waals surface area contributed by atoms with Crippen molar-refractivity contribution in [2.45, 2.75) is 40.7 Å². The van der Waals surface area contributed by atoms with E-state index >= 15 is 0 Å². The van der Waals surface area contributed by atoms with Crippen LogP contribution >= 0.6 is 22.6 Å². The number of benzene rings is 2. The summed E-state index contributed by atoms with van der Waals surface area (Å²) in [7, 11) is 0. The van der Waals surface area contributed by atoms with Crippen molar-refractivity contribution < 1.29 is 0 Å². The lowest BCUT2D eigenvalue weighted by atomic mass is 9.96. The molecule has 0 heterocycles. The summed E-state index contributed by atoms with van der Waals surface area (Å²) in [4.78, 5) is 0. The summed E-state index contributed by atoms with van der Waals surface area (Å²) in [6.07, 6.45) is 0. The van der Waals surface area contributed by atoms with E-state index in [9.17, 15) is 0 Å². The highest BCUT2D eigenvalue weighted by Crippen LogP contribution is 2.26. The first-order chi connectivity index (χ1) is 9.38. The van der Waals surface area contributed by atoms with E-state index in [1.165, 1.54) is 37.1 Å². The number of nitrogens with one attached hydrogen (secondary N) is 1. The van der Waals surface area contributed by atoms with E-state index < -0.39 is 0 Å². The lowest BCUT2D eigenvalue weighted by molar-refractivity contribution is 0.870. The van der Waals surface area contributed by atoms with Gasteiger partial charge in [-0.05, 0) is 97.2 Å². The molecule has 20 heavy (non-hydrogen) atoms. The van der Waals surface area contributed by atoms with Gasteiger partial charge in [0.25, 0.3) is 0 Å². The van der Waals surface area contributed by atoms with Crippen LogP contribution < -0.4 is 5.32 Å². The lowest BCUT2D eigenvalue weighted by Gasteiger charge is -2.20. The van der Waals surface area contributed by atoms with Gasteiger partial charge in [0.05, 0.1) is 0 Å². The average molecular weight is 379 g/mol. The standard InChI is InChI=1S/C18H22IN/c1-11-6-7-16(10-18(11)19)20-15(5)17-9-13(3)12(2)8-14(17)4/h6-10,15,20H,1-5H3. The topological polar surface area (TPSA) is 12.0 Å². The van der Waals surface area contributed by atoms with Crippen LogP contribution in [0.25, 0.3) is 0 Å². The molecule has 0 bridgehead atoms. The number of aryl methyl sites for hydroxylation is 4. The molecule has 106 valence electrons. The molecule has 0 saturated heterocycles. The average Bonchev–Trinajstić information content (AvgIpc) is 2.38. The SMILES string of the molecule is Cc1cc(C)c(C(C)Nc2ccc(C)c(I)c2)cc1C. The Kier molecular flexibility index (Phi) is 4.74. The zero-order valence-corrected chi connectivity index (χ0v) is 15.0. The molecule has 2 aromatic rings. The maximum absolute atomic E-state index is 3.61. The molecule has 0 saturated carbocycles. The van der Waals surface area contributed by atoms with Crippen molar-refractivity contribution in [2.75, 3.05) is 5.32 Å². The maximum atomic E-state index is 3.61. The Balaban J connectivity index is 2.25. The summed E-state index contributed by atoms with van der Waals surface area (Å²) in [6.45, 7) is 10.9. The van der Waals surface area contributed by atoms with Gasteiger partial charge >= 0.3 is 0 Å². The van der Waals surface area contributed by atoms with Gasteiger partial charge in [0.1, 0.15) is 0 Å². The second-order valence-electron chi connectivity index (χ2n) is 5.62. The van der Waals surface area contributed by atoms with Crippen LogP contribution in [0.2, 0.25) is 0 Å². The molecular formula is C18H22IN. The molecule has 0 fully saturated rings. The third-order valence-corrected chi connectivity index (χ3v) is 5.07. The smallest absolute Gasteiger partial charge is 0.0488 e. The second-order valence-corrected chi connectivity index (χ2v) is 6.79. The molecule has 0 aliphatic heterocycles. The first-order valence-electron chi connectivity index (χ1n) is 6.99. The molecule has 0 aliphatic carbocycles. The van der Waals surface area contributed by atoms with Gasteiger partial charge in [0.15, 0.2) is 0 Å². The van der Waals surface area contributed by atoms with Gasteiger partial charge in [0.2, 0.25) is 0 Å². The Labute approximate surface area is 135 Å². The van der Waals surface area contributed by atoms with E-state index in [1.54, 1.807) is 0 Å². The summed E-state index contributed by atoms with van der Waals surface area (Å²) in [5, 5.41) is 3.61. The van der Waals surface area contributed by atoms with E-state index in [2.05, 4.69) is 92.9 Å². The molecule has 2 heteroatoms. The molecule has 1 N–H and O–H groups in total. The summed E-state index contributed by atoms with van der Waals surface area (Å²) < 4.78 is 1.30. The Hall–Kier alpha value is -1.03. The van der Waals surface area contributed by atoms with Gasteiger partial charge in [0, 0.05) is 15.3 Å². The Morgan fingerprint density at radius 3 is 2.15 bits per heavy atom. The Bertz CT molecular complexity index is 632. The number of rotatable bonds is 3. The Morgan fingerprint density at radius 1 is 0.850 bits per heavy atom. The summed E-state index contributed by atoms with van der Waals surface area (Å²) >= 11 is 2.39. The van der Waals surface area contributed by atoms with Crippen LogP contribution in [0.1, 0.15) is 40.8 Å². The van der Waals surface area contributed by atoms with Gasteiger partial charge in [-0.3, -0.25) is 0 Å². The van der Waals surface area contributed by atoms with Crippen molar-refractivity contribution in [2.24, 2.45) is 0 Å². The molecule has 2 aromatic carbocycles. The predicted octanol–water partition coefficient (Wildman–Crippen LogP) is 5.70. The quantitative estimate of drug-likeness (QED) is 0.675. The molecular weight excluding hydrogens is 357 g/mol. The van der Waals surface area contributed by atoms with E-state index in [0.29, 0.717) is 6.04 Å². The fourth-order valence-corrected chi connectivity index (χ4v) is 2.98. The van der Waals surface area contributed by atoms with Gasteiger partial charge in [-0.25, -0.2) is 0 Å². The molecule has 1 unspecified atom stereocenters. The first-order valence-corrected chi connectivity index (χ1v) is 8.07. The largest absolute Gasteiger partial charge is 0.378 e. The molecule has 1 nitrogen and oxygen atoms in total. The number of halogens is 1. The Morgan fingerprint density at radius 2 is 1.50 bits per heavy atom. The molecule has 0 radical (unpaired) electrons. The van der Waals surface area contributed by atoms with Crippen LogP contribution in [0.3, 0.4) is 0 Å². The van der Waals surface area contributed by atoms with Gasteiger partial charge in [-0.1, -0.05) is 18.2 Å². The zero-order chi connectivity index (χ0) is 14.9. The first kappa shape index (κ1) is 15.4. The maximum Gasteiger partial charge on any atom is 0.0488 e. The molecule has 1 atom stereocenters. The fourth-order valence-electron chi connectivity index (χ4n) is 2.46. The number of hydrogen-bond acceptors (Lipinski definition) is 1. The summed E-state index contributed by atoms with van der Waals surface area (Å²) in [5.74, 6) is 0. The third-order valence-electron chi connectivity index (χ3n) is 3.90. The zero-order valence-electron chi connectivity index (χ0n) is 12.8. The van der Waals surface area contributed by atoms with Crippen LogP contribution in [0, 0.1) is 31.3 Å². The summed E-state index contributed by atoms with van der Waals surface area (Å²) in [6, 6.07) is 11.4. The van der Waals surface area contributed by atoms with Crippen molar-refractivity contribution >= 4 is 28.3 Å². The van der Waals surface area contributed by atoms with E-state index in [-0.39, 0.29) is 0 Å². The predicted molar refractivity (Wildman–Crippen MR) is 96.6 cm³/mol. The van der Waals surface area contributed by atoms with Crippen molar-refractivity contribution in [3.05, 3.63) is 61.7 Å². The van der Waals surface area contributed by atoms with E-state index in [1.807, 2.05) is 0 Å². The molecule has 0 aliphatic rings. The van der Waals surface area contributed by atoms with Crippen molar-refractivity contribution in [3.63, 3.8) is 0 Å². The number of hydrogen-bond donors (Lipinski definition) is 1. The highest BCUT2D eigenvalue weighted by Gasteiger charge is 2.10. The monoisotopic (exact) mass is 379 g/mol. The van der Waals surface area contributed by atoms with Crippen LogP contribution in [0.15, 0.2) is 30.3 Å². The normalized spacial score (nSPS) is 12.3. The molecule has 2 rings (SSSR count). The van der Waals surface area contributed by atoms with Crippen LogP contribution in [-0.2, 0) is 0 Å². The van der Waals surface area contributed by atoms with Gasteiger partial charge < -0.3 is 5.32 Å². The third kappa shape index (κ3) is 3.35. The minimum Gasteiger partial charge on any atom is -0.378 e. The van der Waals surface area contributed by atoms with Crippen molar-refractivity contribution in [3.8, 4) is 0 Å². The van der Waals surface area contributed by atoms with Gasteiger partial charge in [-0.15, -0.1) is 0 Å². The lowest BCUT2D eigenvalue weighted by Crippen LogP contribution is -2.09. The van der Waals surface area contributed by atoms with Crippen LogP contribution in [-0.4, -0.2) is 0 Å². The molecule has 0 spiro atoms.